The number of hydrogen-bond acceptors (Lipinski definition) is 4. The van der Waals surface area contributed by atoms with Crippen LogP contribution >= 0.6 is 0 Å². The Labute approximate surface area is 77.6 Å². The maximum absolute atomic E-state index is 10.6. The number of primary amides is 1. The summed E-state index contributed by atoms with van der Waals surface area (Å²) in [4.78, 5) is 10.6. The van der Waals surface area contributed by atoms with Crippen molar-refractivity contribution in [2.75, 3.05) is 19.7 Å². The number of amides is 1. The smallest absolute Gasteiger partial charge is 0.405 e. The lowest BCUT2D eigenvalue weighted by Crippen LogP contribution is -2.52. The van der Waals surface area contributed by atoms with Gasteiger partial charge in [-0.2, -0.15) is 0 Å². The third kappa shape index (κ3) is 2.86. The normalized spacial score (nSPS) is 24.0. The lowest BCUT2D eigenvalue weighted by atomic mass is 10.0. The van der Waals surface area contributed by atoms with E-state index in [1.165, 1.54) is 0 Å². The predicted octanol–water partition coefficient (Wildman–Crippen LogP) is -0.151. The maximum atomic E-state index is 10.6. The molecule has 0 aromatic heterocycles. The molecule has 0 spiro atoms. The third-order valence-electron chi connectivity index (χ3n) is 2.07. The molecular weight excluding hydrogens is 172 g/mol. The first-order valence-electron chi connectivity index (χ1n) is 4.33. The van der Waals surface area contributed by atoms with Gasteiger partial charge in [0.15, 0.2) is 0 Å². The lowest BCUT2D eigenvalue weighted by molar-refractivity contribution is -0.101. The molecule has 5 nitrogen and oxygen atoms in total. The van der Waals surface area contributed by atoms with Gasteiger partial charge in [-0.1, -0.05) is 0 Å². The van der Waals surface area contributed by atoms with Crippen LogP contribution in [0.15, 0.2) is 0 Å². The first-order chi connectivity index (χ1) is 6.02. The van der Waals surface area contributed by atoms with Crippen LogP contribution in [0.3, 0.4) is 0 Å². The van der Waals surface area contributed by atoms with E-state index in [1.54, 1.807) is 13.8 Å². The Kier molecular flexibility index (Phi) is 3.11. The van der Waals surface area contributed by atoms with E-state index in [0.29, 0.717) is 13.2 Å². The van der Waals surface area contributed by atoms with Crippen LogP contribution in [0.4, 0.5) is 4.79 Å². The number of nitrogens with one attached hydrogen (secondary N) is 1. The Morgan fingerprint density at radius 3 is 2.85 bits per heavy atom. The minimum Gasteiger partial charge on any atom is -0.441 e. The molecule has 1 atom stereocenters. The van der Waals surface area contributed by atoms with Gasteiger partial charge in [0.25, 0.3) is 0 Å². The van der Waals surface area contributed by atoms with Crippen LogP contribution < -0.4 is 11.1 Å². The highest BCUT2D eigenvalue weighted by atomic mass is 16.6. The van der Waals surface area contributed by atoms with Crippen LogP contribution in [-0.4, -0.2) is 37.5 Å². The zero-order valence-corrected chi connectivity index (χ0v) is 8.00. The zero-order valence-electron chi connectivity index (χ0n) is 8.00. The fraction of sp³-hybridized carbons (Fsp3) is 0.875. The molecule has 76 valence electrons. The topological polar surface area (TPSA) is 73.6 Å². The Balaban J connectivity index is 2.50. The van der Waals surface area contributed by atoms with Crippen LogP contribution in [-0.2, 0) is 9.47 Å². The Morgan fingerprint density at radius 1 is 1.69 bits per heavy atom. The van der Waals surface area contributed by atoms with E-state index in [-0.39, 0.29) is 6.10 Å². The Morgan fingerprint density at radius 2 is 2.38 bits per heavy atom. The highest BCUT2D eigenvalue weighted by molar-refractivity contribution is 5.65. The molecule has 0 saturated carbocycles. The second-order valence-electron chi connectivity index (χ2n) is 3.59. The summed E-state index contributed by atoms with van der Waals surface area (Å²) >= 11 is 0. The van der Waals surface area contributed by atoms with E-state index < -0.39 is 11.7 Å². The van der Waals surface area contributed by atoms with Crippen molar-refractivity contribution in [1.82, 2.24) is 5.32 Å². The summed E-state index contributed by atoms with van der Waals surface area (Å²) in [5.74, 6) is 0. The van der Waals surface area contributed by atoms with Crippen molar-refractivity contribution in [3.63, 3.8) is 0 Å². The van der Waals surface area contributed by atoms with Crippen LogP contribution in [0.2, 0.25) is 0 Å². The number of hydrogen-bond donors (Lipinski definition) is 2. The molecule has 3 N–H and O–H groups in total. The molecule has 13 heavy (non-hydrogen) atoms. The highest BCUT2D eigenvalue weighted by Gasteiger charge is 2.34. The van der Waals surface area contributed by atoms with Crippen molar-refractivity contribution < 1.29 is 14.3 Å². The molecule has 1 fully saturated rings. The highest BCUT2D eigenvalue weighted by Crippen LogP contribution is 2.18. The van der Waals surface area contributed by atoms with Gasteiger partial charge in [0.05, 0.1) is 6.61 Å². The van der Waals surface area contributed by atoms with Gasteiger partial charge in [0.2, 0.25) is 0 Å². The first kappa shape index (κ1) is 10.3. The number of carbonyl (C=O) groups is 1. The average molecular weight is 188 g/mol. The van der Waals surface area contributed by atoms with Gasteiger partial charge >= 0.3 is 6.09 Å². The molecule has 0 aromatic rings. The third-order valence-corrected chi connectivity index (χ3v) is 2.07. The largest absolute Gasteiger partial charge is 0.441 e. The van der Waals surface area contributed by atoms with Crippen LogP contribution in [0.1, 0.15) is 13.8 Å². The van der Waals surface area contributed by atoms with Crippen molar-refractivity contribution in [3.8, 4) is 0 Å². The molecule has 1 saturated heterocycles. The SMILES string of the molecule is CC(C)(OC(N)=O)C1CNCCO1. The predicted molar refractivity (Wildman–Crippen MR) is 47.4 cm³/mol. The van der Waals surface area contributed by atoms with Gasteiger partial charge in [-0.3, -0.25) is 0 Å². The zero-order chi connectivity index (χ0) is 9.90. The Hall–Kier alpha value is -0.810. The summed E-state index contributed by atoms with van der Waals surface area (Å²) in [6.07, 6.45) is -0.895. The summed E-state index contributed by atoms with van der Waals surface area (Å²) in [5, 5.41) is 3.16. The van der Waals surface area contributed by atoms with Gasteiger partial charge in [-0.05, 0) is 13.8 Å². The standard InChI is InChI=1S/C8H16N2O3/c1-8(2,13-7(9)11)6-5-10-3-4-12-6/h6,10H,3-5H2,1-2H3,(H2,9,11). The van der Waals surface area contributed by atoms with E-state index in [4.69, 9.17) is 15.2 Å². The molecule has 0 aliphatic carbocycles. The van der Waals surface area contributed by atoms with E-state index in [9.17, 15) is 4.79 Å². The fourth-order valence-corrected chi connectivity index (χ4v) is 1.34. The average Bonchev–Trinajstić information content (AvgIpc) is 2.04. The van der Waals surface area contributed by atoms with Crippen molar-refractivity contribution in [2.24, 2.45) is 5.73 Å². The molecule has 1 amide bonds. The molecule has 1 aliphatic heterocycles. The van der Waals surface area contributed by atoms with Crippen molar-refractivity contribution in [3.05, 3.63) is 0 Å². The summed E-state index contributed by atoms with van der Waals surface area (Å²) in [6.45, 7) is 5.73. The lowest BCUT2D eigenvalue weighted by Gasteiger charge is -2.35. The molecule has 1 unspecified atom stereocenters. The molecule has 0 aromatic carbocycles. The van der Waals surface area contributed by atoms with Gasteiger partial charge in [-0.25, -0.2) is 4.79 Å². The van der Waals surface area contributed by atoms with Crippen molar-refractivity contribution in [2.45, 2.75) is 25.6 Å². The van der Waals surface area contributed by atoms with Crippen LogP contribution in [0.5, 0.6) is 0 Å². The Bertz CT molecular complexity index is 188. The minimum atomic E-state index is -0.765. The monoisotopic (exact) mass is 188 g/mol. The molecule has 1 aliphatic rings. The van der Waals surface area contributed by atoms with E-state index in [2.05, 4.69) is 5.32 Å². The number of morpholine rings is 1. The second-order valence-corrected chi connectivity index (χ2v) is 3.59. The first-order valence-corrected chi connectivity index (χ1v) is 4.33. The summed E-state index contributed by atoms with van der Waals surface area (Å²) in [6, 6.07) is 0. The van der Waals surface area contributed by atoms with Crippen LogP contribution in [0.25, 0.3) is 0 Å². The van der Waals surface area contributed by atoms with Gasteiger partial charge in [0, 0.05) is 13.1 Å². The van der Waals surface area contributed by atoms with Gasteiger partial charge in [-0.15, -0.1) is 0 Å². The number of ether oxygens (including phenoxy) is 2. The minimum absolute atomic E-state index is 0.131. The molecule has 0 radical (unpaired) electrons. The van der Waals surface area contributed by atoms with E-state index >= 15 is 0 Å². The van der Waals surface area contributed by atoms with Crippen molar-refractivity contribution >= 4 is 6.09 Å². The van der Waals surface area contributed by atoms with E-state index in [0.717, 1.165) is 6.54 Å². The summed E-state index contributed by atoms with van der Waals surface area (Å²) in [7, 11) is 0. The van der Waals surface area contributed by atoms with E-state index in [1.807, 2.05) is 0 Å². The number of nitrogens with two attached hydrogens (primary N) is 1. The summed E-state index contributed by atoms with van der Waals surface area (Å²) < 4.78 is 10.4. The maximum Gasteiger partial charge on any atom is 0.405 e. The fourth-order valence-electron chi connectivity index (χ4n) is 1.34. The van der Waals surface area contributed by atoms with Gasteiger partial charge < -0.3 is 20.5 Å². The number of rotatable bonds is 2. The molecule has 1 heterocycles. The molecule has 0 bridgehead atoms. The second kappa shape index (κ2) is 3.93. The quantitative estimate of drug-likeness (QED) is 0.632. The molecular formula is C8H16N2O3. The number of carbonyl (C=O) groups excluding carboxylic acids is 1. The molecule has 1 rings (SSSR count). The van der Waals surface area contributed by atoms with Crippen LogP contribution in [0, 0.1) is 0 Å². The molecule has 5 heteroatoms. The summed E-state index contributed by atoms with van der Waals surface area (Å²) in [5.41, 5.74) is 4.28. The van der Waals surface area contributed by atoms with Crippen molar-refractivity contribution in [1.29, 1.82) is 0 Å². The van der Waals surface area contributed by atoms with Gasteiger partial charge in [0.1, 0.15) is 11.7 Å².